The zero-order valence-electron chi connectivity index (χ0n) is 12.8. The van der Waals surface area contributed by atoms with E-state index in [-0.39, 0.29) is 17.3 Å². The van der Waals surface area contributed by atoms with Crippen LogP contribution in [-0.4, -0.2) is 42.2 Å². The maximum Gasteiger partial charge on any atom is 0.337 e. The summed E-state index contributed by atoms with van der Waals surface area (Å²) >= 11 is 0. The molecule has 0 fully saturated rings. The molecule has 0 aliphatic rings. The van der Waals surface area contributed by atoms with Gasteiger partial charge in [-0.05, 0) is 31.0 Å². The molecule has 1 aromatic carbocycles. The Morgan fingerprint density at radius 2 is 2.05 bits per heavy atom. The fourth-order valence-corrected chi connectivity index (χ4v) is 1.93. The average molecular weight is 294 g/mol. The van der Waals surface area contributed by atoms with Gasteiger partial charge in [-0.2, -0.15) is 0 Å². The summed E-state index contributed by atoms with van der Waals surface area (Å²) in [7, 11) is 1.46. The van der Waals surface area contributed by atoms with Crippen molar-refractivity contribution in [1.29, 1.82) is 0 Å². The van der Waals surface area contributed by atoms with Gasteiger partial charge in [0.05, 0.1) is 18.4 Å². The fraction of sp³-hybridized carbons (Fsp3) is 0.467. The Labute approximate surface area is 124 Å². The smallest absolute Gasteiger partial charge is 0.337 e. The molecule has 6 nitrogen and oxygen atoms in total. The minimum atomic E-state index is -1.11. The van der Waals surface area contributed by atoms with E-state index in [0.29, 0.717) is 24.8 Å². The number of nitrogens with one attached hydrogen (secondary N) is 1. The summed E-state index contributed by atoms with van der Waals surface area (Å²) in [6, 6.07) is 4.22. The average Bonchev–Trinajstić information content (AvgIpc) is 2.44. The summed E-state index contributed by atoms with van der Waals surface area (Å²) < 4.78 is 5.00. The number of hydrogen-bond acceptors (Lipinski definition) is 3. The summed E-state index contributed by atoms with van der Waals surface area (Å²) in [5.74, 6) is -0.346. The number of urea groups is 1. The first-order valence-electron chi connectivity index (χ1n) is 6.86. The van der Waals surface area contributed by atoms with E-state index in [9.17, 15) is 14.7 Å². The molecule has 0 saturated carbocycles. The molecule has 0 unspecified atom stereocenters. The van der Waals surface area contributed by atoms with Gasteiger partial charge in [0.15, 0.2) is 0 Å². The summed E-state index contributed by atoms with van der Waals surface area (Å²) in [6.07, 6.45) is 0. The first-order valence-corrected chi connectivity index (χ1v) is 6.86. The van der Waals surface area contributed by atoms with E-state index >= 15 is 0 Å². The second-order valence-electron chi connectivity index (χ2n) is 5.08. The number of amides is 2. The normalized spacial score (nSPS) is 10.3. The molecule has 1 aromatic rings. The van der Waals surface area contributed by atoms with Crippen molar-refractivity contribution in [2.45, 2.75) is 20.8 Å². The SMILES string of the molecule is CCN(CC(C)C)C(=O)Nc1ccc(OC)cc1C(=O)O. The van der Waals surface area contributed by atoms with Gasteiger partial charge in [-0.1, -0.05) is 13.8 Å². The minimum absolute atomic E-state index is 0.00306. The lowest BCUT2D eigenvalue weighted by Gasteiger charge is -2.23. The standard InChI is InChI=1S/C15H22N2O4/c1-5-17(9-10(2)3)15(20)16-13-7-6-11(21-4)8-12(13)14(18)19/h6-8,10H,5,9H2,1-4H3,(H,16,20)(H,18,19). The van der Waals surface area contributed by atoms with Crippen LogP contribution < -0.4 is 10.1 Å². The number of methoxy groups -OCH3 is 1. The number of carboxylic acid groups (broad SMARTS) is 1. The highest BCUT2D eigenvalue weighted by atomic mass is 16.5. The predicted octanol–water partition coefficient (Wildman–Crippen LogP) is 2.90. The lowest BCUT2D eigenvalue weighted by molar-refractivity contribution is 0.0697. The van der Waals surface area contributed by atoms with Gasteiger partial charge in [0.25, 0.3) is 0 Å². The number of carbonyl (C=O) groups is 2. The zero-order chi connectivity index (χ0) is 16.0. The van der Waals surface area contributed by atoms with Crippen LogP contribution in [0.3, 0.4) is 0 Å². The molecule has 116 valence electrons. The molecule has 0 aromatic heterocycles. The van der Waals surface area contributed by atoms with Crippen LogP contribution >= 0.6 is 0 Å². The van der Waals surface area contributed by atoms with Crippen molar-refractivity contribution in [3.05, 3.63) is 23.8 Å². The number of nitrogens with zero attached hydrogens (tertiary/aromatic N) is 1. The summed E-state index contributed by atoms with van der Waals surface area (Å²) in [6.45, 7) is 7.09. The number of carboxylic acids is 1. The number of carbonyl (C=O) groups excluding carboxylic acids is 1. The molecule has 0 bridgehead atoms. The number of aromatic carboxylic acids is 1. The lowest BCUT2D eigenvalue weighted by atomic mass is 10.1. The Balaban J connectivity index is 2.95. The van der Waals surface area contributed by atoms with Gasteiger partial charge in [0.1, 0.15) is 5.75 Å². The second kappa shape index (κ2) is 7.52. The molecule has 0 atom stereocenters. The fourth-order valence-electron chi connectivity index (χ4n) is 1.93. The first kappa shape index (κ1) is 16.8. The molecule has 2 N–H and O–H groups in total. The molecule has 6 heteroatoms. The van der Waals surface area contributed by atoms with E-state index in [1.165, 1.54) is 19.2 Å². The van der Waals surface area contributed by atoms with Gasteiger partial charge < -0.3 is 20.1 Å². The molecule has 0 spiro atoms. The van der Waals surface area contributed by atoms with Crippen LogP contribution in [0.15, 0.2) is 18.2 Å². The molecule has 21 heavy (non-hydrogen) atoms. The van der Waals surface area contributed by atoms with E-state index in [1.54, 1.807) is 11.0 Å². The van der Waals surface area contributed by atoms with Crippen LogP contribution in [0.5, 0.6) is 5.75 Å². The van der Waals surface area contributed by atoms with Crippen LogP contribution in [0.1, 0.15) is 31.1 Å². The Morgan fingerprint density at radius 1 is 1.38 bits per heavy atom. The van der Waals surface area contributed by atoms with Crippen molar-refractivity contribution in [2.24, 2.45) is 5.92 Å². The molecular weight excluding hydrogens is 272 g/mol. The minimum Gasteiger partial charge on any atom is -0.497 e. The number of benzene rings is 1. The van der Waals surface area contributed by atoms with Crippen LogP contribution in [0.2, 0.25) is 0 Å². The highest BCUT2D eigenvalue weighted by Gasteiger charge is 2.17. The van der Waals surface area contributed by atoms with Gasteiger partial charge in [-0.3, -0.25) is 0 Å². The Bertz CT molecular complexity index is 514. The zero-order valence-corrected chi connectivity index (χ0v) is 12.8. The van der Waals surface area contributed by atoms with Gasteiger partial charge in [0, 0.05) is 13.1 Å². The van der Waals surface area contributed by atoms with Gasteiger partial charge in [-0.25, -0.2) is 9.59 Å². The van der Waals surface area contributed by atoms with E-state index in [1.807, 2.05) is 20.8 Å². The summed E-state index contributed by atoms with van der Waals surface area (Å²) in [5.41, 5.74) is 0.263. The molecular formula is C15H22N2O4. The van der Waals surface area contributed by atoms with Crippen LogP contribution in [0.4, 0.5) is 10.5 Å². The third-order valence-electron chi connectivity index (χ3n) is 2.95. The maximum absolute atomic E-state index is 12.2. The molecule has 1 rings (SSSR count). The summed E-state index contributed by atoms with van der Waals surface area (Å²) in [4.78, 5) is 25.1. The highest BCUT2D eigenvalue weighted by Crippen LogP contribution is 2.22. The van der Waals surface area contributed by atoms with Crippen LogP contribution in [0.25, 0.3) is 0 Å². The second-order valence-corrected chi connectivity index (χ2v) is 5.08. The number of anilines is 1. The molecule has 2 amide bonds. The topological polar surface area (TPSA) is 78.9 Å². The largest absolute Gasteiger partial charge is 0.497 e. The Kier molecular flexibility index (Phi) is 6.02. The number of hydrogen-bond donors (Lipinski definition) is 2. The van der Waals surface area contributed by atoms with E-state index in [4.69, 9.17) is 4.74 Å². The summed E-state index contributed by atoms with van der Waals surface area (Å²) in [5, 5.41) is 11.9. The van der Waals surface area contributed by atoms with E-state index < -0.39 is 5.97 Å². The number of rotatable bonds is 6. The van der Waals surface area contributed by atoms with Crippen LogP contribution in [0, 0.1) is 5.92 Å². The van der Waals surface area contributed by atoms with Gasteiger partial charge in [0.2, 0.25) is 0 Å². The molecule has 0 aliphatic carbocycles. The van der Waals surface area contributed by atoms with Gasteiger partial charge in [-0.15, -0.1) is 0 Å². The van der Waals surface area contributed by atoms with E-state index in [0.717, 1.165) is 0 Å². The predicted molar refractivity (Wildman–Crippen MR) is 81.1 cm³/mol. The van der Waals surface area contributed by atoms with Crippen LogP contribution in [-0.2, 0) is 0 Å². The van der Waals surface area contributed by atoms with Crippen molar-refractivity contribution in [3.63, 3.8) is 0 Å². The quantitative estimate of drug-likeness (QED) is 0.845. The van der Waals surface area contributed by atoms with Gasteiger partial charge >= 0.3 is 12.0 Å². The Hall–Kier alpha value is -2.24. The van der Waals surface area contributed by atoms with E-state index in [2.05, 4.69) is 5.32 Å². The lowest BCUT2D eigenvalue weighted by Crippen LogP contribution is -2.37. The van der Waals surface area contributed by atoms with Crippen molar-refractivity contribution in [2.75, 3.05) is 25.5 Å². The maximum atomic E-state index is 12.2. The van der Waals surface area contributed by atoms with Crippen molar-refractivity contribution < 1.29 is 19.4 Å². The highest BCUT2D eigenvalue weighted by molar-refractivity contribution is 6.00. The van der Waals surface area contributed by atoms with Crippen molar-refractivity contribution >= 4 is 17.7 Å². The Morgan fingerprint density at radius 3 is 2.52 bits per heavy atom. The first-order chi connectivity index (χ1) is 9.88. The third kappa shape index (κ3) is 4.66. The van der Waals surface area contributed by atoms with Crippen molar-refractivity contribution in [1.82, 2.24) is 4.90 Å². The van der Waals surface area contributed by atoms with Crippen molar-refractivity contribution in [3.8, 4) is 5.75 Å². The third-order valence-corrected chi connectivity index (χ3v) is 2.95. The number of ether oxygens (including phenoxy) is 1. The molecule has 0 radical (unpaired) electrons. The molecule has 0 aliphatic heterocycles. The molecule has 0 saturated heterocycles. The monoisotopic (exact) mass is 294 g/mol. The molecule has 0 heterocycles.